The highest BCUT2D eigenvalue weighted by Crippen LogP contribution is 2.17. The van der Waals surface area contributed by atoms with Crippen LogP contribution in [0, 0.1) is 6.92 Å². The smallest absolute Gasteiger partial charge is 0.328 e. The van der Waals surface area contributed by atoms with Crippen molar-refractivity contribution < 1.29 is 14.3 Å². The number of hydrogen-bond acceptors (Lipinski definition) is 3. The van der Waals surface area contributed by atoms with Gasteiger partial charge in [-0.15, -0.1) is 0 Å². The molecule has 0 heterocycles. The highest BCUT2D eigenvalue weighted by molar-refractivity contribution is 6.33. The topological polar surface area (TPSA) is 55.4 Å². The Morgan fingerprint density at radius 3 is 2.67 bits per heavy atom. The molecule has 5 heteroatoms. The molecule has 0 aliphatic carbocycles. The van der Waals surface area contributed by atoms with E-state index < -0.39 is 12.0 Å². The highest BCUT2D eigenvalue weighted by Gasteiger charge is 2.18. The lowest BCUT2D eigenvalue weighted by Crippen LogP contribution is -2.39. The Hall–Kier alpha value is -1.55. The van der Waals surface area contributed by atoms with Gasteiger partial charge in [0.05, 0.1) is 17.2 Å². The molecule has 4 nitrogen and oxygen atoms in total. The van der Waals surface area contributed by atoms with Crippen LogP contribution in [-0.2, 0) is 9.53 Å². The van der Waals surface area contributed by atoms with Crippen molar-refractivity contribution in [2.75, 3.05) is 6.61 Å². The van der Waals surface area contributed by atoms with Gasteiger partial charge in [-0.1, -0.05) is 17.7 Å². The van der Waals surface area contributed by atoms with Gasteiger partial charge >= 0.3 is 5.97 Å². The molecule has 1 N–H and O–H groups in total. The average molecular weight is 270 g/mol. The molecule has 0 aliphatic rings. The van der Waals surface area contributed by atoms with Gasteiger partial charge < -0.3 is 10.1 Å². The van der Waals surface area contributed by atoms with E-state index in [-0.39, 0.29) is 12.5 Å². The third-order valence-corrected chi connectivity index (χ3v) is 2.67. The number of halogens is 1. The first-order chi connectivity index (χ1) is 8.45. The summed E-state index contributed by atoms with van der Waals surface area (Å²) in [7, 11) is 0. The zero-order valence-electron chi connectivity index (χ0n) is 10.6. The molecule has 1 atom stereocenters. The Morgan fingerprint density at radius 1 is 1.44 bits per heavy atom. The summed E-state index contributed by atoms with van der Waals surface area (Å²) in [6.45, 7) is 5.44. The van der Waals surface area contributed by atoms with Crippen molar-refractivity contribution in [2.24, 2.45) is 0 Å². The number of nitrogens with one attached hydrogen (secondary N) is 1. The third kappa shape index (κ3) is 3.74. The van der Waals surface area contributed by atoms with Crippen molar-refractivity contribution in [3.05, 3.63) is 34.3 Å². The maximum absolute atomic E-state index is 11.9. The van der Waals surface area contributed by atoms with Crippen molar-refractivity contribution in [3.63, 3.8) is 0 Å². The summed E-state index contributed by atoms with van der Waals surface area (Å²) < 4.78 is 4.80. The summed E-state index contributed by atoms with van der Waals surface area (Å²) in [5.74, 6) is -0.852. The van der Waals surface area contributed by atoms with E-state index in [2.05, 4.69) is 5.32 Å². The maximum Gasteiger partial charge on any atom is 0.328 e. The number of aryl methyl sites for hydroxylation is 1. The van der Waals surface area contributed by atoms with E-state index in [9.17, 15) is 9.59 Å². The van der Waals surface area contributed by atoms with E-state index >= 15 is 0 Å². The monoisotopic (exact) mass is 269 g/mol. The molecule has 0 spiro atoms. The molecule has 0 saturated heterocycles. The predicted octanol–water partition coefficient (Wildman–Crippen LogP) is 2.33. The molecule has 1 amide bonds. The van der Waals surface area contributed by atoms with Crippen LogP contribution in [0.2, 0.25) is 5.02 Å². The van der Waals surface area contributed by atoms with Crippen molar-refractivity contribution >= 4 is 23.5 Å². The summed E-state index contributed by atoms with van der Waals surface area (Å²) in [5, 5.41) is 2.91. The van der Waals surface area contributed by atoms with E-state index in [1.54, 1.807) is 32.0 Å². The molecule has 98 valence electrons. The van der Waals surface area contributed by atoms with Gasteiger partial charge in [0.25, 0.3) is 5.91 Å². The number of amides is 1. The van der Waals surface area contributed by atoms with Crippen molar-refractivity contribution in [1.29, 1.82) is 0 Å². The fraction of sp³-hybridized carbons (Fsp3) is 0.385. The largest absolute Gasteiger partial charge is 0.464 e. The lowest BCUT2D eigenvalue weighted by Gasteiger charge is -2.13. The second-order valence-electron chi connectivity index (χ2n) is 3.93. The van der Waals surface area contributed by atoms with Crippen LogP contribution < -0.4 is 5.32 Å². The summed E-state index contributed by atoms with van der Waals surface area (Å²) >= 11 is 5.97. The van der Waals surface area contributed by atoms with Gasteiger partial charge in [0.1, 0.15) is 6.04 Å². The zero-order valence-corrected chi connectivity index (χ0v) is 11.4. The molecule has 0 fully saturated rings. The summed E-state index contributed by atoms with van der Waals surface area (Å²) in [6.07, 6.45) is 0. The standard InChI is InChI=1S/C13H16ClNO3/c1-4-18-13(17)9(3)15-12(16)10-6-5-8(2)7-11(10)14/h5-7,9H,4H2,1-3H3,(H,15,16). The van der Waals surface area contributed by atoms with E-state index in [4.69, 9.17) is 16.3 Å². The lowest BCUT2D eigenvalue weighted by atomic mass is 10.1. The average Bonchev–Trinajstić information content (AvgIpc) is 2.28. The van der Waals surface area contributed by atoms with Gasteiger partial charge in [0.15, 0.2) is 0 Å². The Bertz CT molecular complexity index is 460. The van der Waals surface area contributed by atoms with Crippen LogP contribution in [0.5, 0.6) is 0 Å². The van der Waals surface area contributed by atoms with Gasteiger partial charge in [-0.3, -0.25) is 4.79 Å². The summed E-state index contributed by atoms with van der Waals surface area (Å²) in [6, 6.07) is 4.42. The first kappa shape index (κ1) is 14.5. The van der Waals surface area contributed by atoms with Crippen LogP contribution in [-0.4, -0.2) is 24.5 Å². The number of esters is 1. The molecule has 1 rings (SSSR count). The Balaban J connectivity index is 2.73. The van der Waals surface area contributed by atoms with Crippen LogP contribution in [0.4, 0.5) is 0 Å². The SMILES string of the molecule is CCOC(=O)C(C)NC(=O)c1ccc(C)cc1Cl. The predicted molar refractivity (Wildman–Crippen MR) is 69.8 cm³/mol. The Kier molecular flexibility index (Phi) is 5.16. The van der Waals surface area contributed by atoms with Gasteiger partial charge in [-0.25, -0.2) is 4.79 Å². The number of ether oxygens (including phenoxy) is 1. The van der Waals surface area contributed by atoms with Crippen LogP contribution >= 0.6 is 11.6 Å². The lowest BCUT2D eigenvalue weighted by molar-refractivity contribution is -0.144. The van der Waals surface area contributed by atoms with Gasteiger partial charge in [-0.2, -0.15) is 0 Å². The molecule has 1 aromatic rings. The van der Waals surface area contributed by atoms with Crippen LogP contribution in [0.25, 0.3) is 0 Å². The van der Waals surface area contributed by atoms with E-state index in [0.717, 1.165) is 5.56 Å². The minimum Gasteiger partial charge on any atom is -0.464 e. The number of carbonyl (C=O) groups is 2. The molecule has 1 aromatic carbocycles. The number of rotatable bonds is 4. The van der Waals surface area contributed by atoms with Gasteiger partial charge in [0.2, 0.25) is 0 Å². The second-order valence-corrected chi connectivity index (χ2v) is 4.34. The van der Waals surface area contributed by atoms with Gasteiger partial charge in [-0.05, 0) is 38.5 Å². The fourth-order valence-corrected chi connectivity index (χ4v) is 1.73. The van der Waals surface area contributed by atoms with Crippen molar-refractivity contribution in [1.82, 2.24) is 5.32 Å². The first-order valence-electron chi connectivity index (χ1n) is 5.69. The molecule has 0 aliphatic heterocycles. The van der Waals surface area contributed by atoms with E-state index in [1.165, 1.54) is 0 Å². The normalized spacial score (nSPS) is 11.8. The van der Waals surface area contributed by atoms with E-state index in [0.29, 0.717) is 10.6 Å². The van der Waals surface area contributed by atoms with Crippen LogP contribution in [0.1, 0.15) is 29.8 Å². The first-order valence-corrected chi connectivity index (χ1v) is 6.07. The number of hydrogen-bond donors (Lipinski definition) is 1. The second kappa shape index (κ2) is 6.40. The molecule has 0 saturated carbocycles. The fourth-order valence-electron chi connectivity index (χ4n) is 1.40. The van der Waals surface area contributed by atoms with Gasteiger partial charge in [0, 0.05) is 0 Å². The Morgan fingerprint density at radius 2 is 2.11 bits per heavy atom. The molecular formula is C13H16ClNO3. The maximum atomic E-state index is 11.9. The number of carbonyl (C=O) groups excluding carboxylic acids is 2. The minimum atomic E-state index is -0.699. The van der Waals surface area contributed by atoms with E-state index in [1.807, 2.05) is 6.92 Å². The molecular weight excluding hydrogens is 254 g/mol. The molecule has 0 bridgehead atoms. The summed E-state index contributed by atoms with van der Waals surface area (Å²) in [4.78, 5) is 23.3. The number of benzene rings is 1. The molecule has 1 unspecified atom stereocenters. The summed E-state index contributed by atoms with van der Waals surface area (Å²) in [5.41, 5.74) is 1.31. The van der Waals surface area contributed by atoms with Crippen molar-refractivity contribution in [2.45, 2.75) is 26.8 Å². The minimum absolute atomic E-state index is 0.282. The molecule has 0 aromatic heterocycles. The van der Waals surface area contributed by atoms with Crippen LogP contribution in [0.3, 0.4) is 0 Å². The van der Waals surface area contributed by atoms with Crippen LogP contribution in [0.15, 0.2) is 18.2 Å². The third-order valence-electron chi connectivity index (χ3n) is 2.36. The van der Waals surface area contributed by atoms with Crippen molar-refractivity contribution in [3.8, 4) is 0 Å². The Labute approximate surface area is 111 Å². The quantitative estimate of drug-likeness (QED) is 0.854. The zero-order chi connectivity index (χ0) is 13.7. The molecule has 0 radical (unpaired) electrons. The molecule has 18 heavy (non-hydrogen) atoms. The highest BCUT2D eigenvalue weighted by atomic mass is 35.5.